The Hall–Kier alpha value is -2.77. The van der Waals surface area contributed by atoms with Crippen LogP contribution in [0.15, 0.2) is 42.5 Å². The van der Waals surface area contributed by atoms with E-state index in [-0.39, 0.29) is 11.9 Å². The largest absolute Gasteiger partial charge is 0.497 e. The Morgan fingerprint density at radius 3 is 2.43 bits per heavy atom. The lowest BCUT2D eigenvalue weighted by molar-refractivity contribution is 0.0162. The molecule has 3 rings (SSSR count). The summed E-state index contributed by atoms with van der Waals surface area (Å²) in [5, 5.41) is 3.08. The molecule has 0 spiro atoms. The van der Waals surface area contributed by atoms with E-state index in [2.05, 4.69) is 10.2 Å². The summed E-state index contributed by atoms with van der Waals surface area (Å²) in [7, 11) is 3.22. The smallest absolute Gasteiger partial charge is 0.251 e. The van der Waals surface area contributed by atoms with Crippen molar-refractivity contribution in [1.29, 1.82) is 0 Å². The maximum absolute atomic E-state index is 12.8. The number of nitrogens with zero attached hydrogens (tertiary/aromatic N) is 1. The lowest BCUT2D eigenvalue weighted by Gasteiger charge is -2.35. The molecule has 1 amide bonds. The van der Waals surface area contributed by atoms with Crippen LogP contribution in [-0.2, 0) is 4.74 Å². The summed E-state index contributed by atoms with van der Waals surface area (Å²) in [4.78, 5) is 15.2. The monoisotopic (exact) mass is 414 g/mol. The lowest BCUT2D eigenvalue weighted by Crippen LogP contribution is -2.43. The first-order valence-corrected chi connectivity index (χ1v) is 10.2. The van der Waals surface area contributed by atoms with Gasteiger partial charge < -0.3 is 24.3 Å². The van der Waals surface area contributed by atoms with Gasteiger partial charge in [0, 0.05) is 25.2 Å². The molecule has 7 heteroatoms. The van der Waals surface area contributed by atoms with Crippen LogP contribution >= 0.6 is 0 Å². The molecule has 0 aromatic heterocycles. The van der Waals surface area contributed by atoms with Gasteiger partial charge >= 0.3 is 0 Å². The maximum Gasteiger partial charge on any atom is 0.251 e. The first-order valence-electron chi connectivity index (χ1n) is 10.2. The molecular formula is C23H30N2O5. The van der Waals surface area contributed by atoms with E-state index in [1.807, 2.05) is 31.2 Å². The quantitative estimate of drug-likeness (QED) is 0.681. The minimum absolute atomic E-state index is 0.0494. The fraction of sp³-hybridized carbons (Fsp3) is 0.435. The molecule has 162 valence electrons. The first kappa shape index (κ1) is 21.9. The number of carbonyl (C=O) groups is 1. The van der Waals surface area contributed by atoms with Crippen molar-refractivity contribution in [3.8, 4) is 17.2 Å². The van der Waals surface area contributed by atoms with Gasteiger partial charge in [-0.1, -0.05) is 12.1 Å². The molecule has 1 aliphatic rings. The van der Waals surface area contributed by atoms with Crippen molar-refractivity contribution in [2.24, 2.45) is 0 Å². The van der Waals surface area contributed by atoms with Crippen molar-refractivity contribution < 1.29 is 23.7 Å². The van der Waals surface area contributed by atoms with E-state index in [1.54, 1.807) is 32.4 Å². The second kappa shape index (κ2) is 10.8. The van der Waals surface area contributed by atoms with Crippen LogP contribution in [0.1, 0.15) is 28.9 Å². The highest BCUT2D eigenvalue weighted by Gasteiger charge is 2.23. The summed E-state index contributed by atoms with van der Waals surface area (Å²) < 4.78 is 21.7. The Bertz CT molecular complexity index is 819. The summed E-state index contributed by atoms with van der Waals surface area (Å²) in [5.74, 6) is 1.83. The molecule has 1 N–H and O–H groups in total. The van der Waals surface area contributed by atoms with E-state index in [0.29, 0.717) is 43.4 Å². The molecule has 0 aliphatic carbocycles. The number of carbonyl (C=O) groups excluding carboxylic acids is 1. The van der Waals surface area contributed by atoms with E-state index in [1.165, 1.54) is 0 Å². The standard InChI is InChI=1S/C23H30N2O5/c1-4-30-21-10-7-18(15-22(21)28-3)23(26)24-16-20(25-11-13-29-14-12-25)17-5-8-19(27-2)9-6-17/h5-10,15,20H,4,11-14,16H2,1-3H3,(H,24,26). The van der Waals surface area contributed by atoms with Gasteiger partial charge in [-0.2, -0.15) is 0 Å². The van der Waals surface area contributed by atoms with E-state index in [4.69, 9.17) is 18.9 Å². The molecule has 30 heavy (non-hydrogen) atoms. The number of morpholine rings is 1. The molecular weight excluding hydrogens is 384 g/mol. The topological polar surface area (TPSA) is 69.3 Å². The molecule has 1 heterocycles. The zero-order valence-corrected chi connectivity index (χ0v) is 17.8. The number of amides is 1. The molecule has 2 aromatic carbocycles. The van der Waals surface area contributed by atoms with E-state index < -0.39 is 0 Å². The first-order chi connectivity index (χ1) is 14.7. The number of nitrogens with one attached hydrogen (secondary N) is 1. The second-order valence-corrected chi connectivity index (χ2v) is 6.95. The second-order valence-electron chi connectivity index (χ2n) is 6.95. The van der Waals surface area contributed by atoms with Gasteiger partial charge in [0.05, 0.1) is 40.1 Å². The number of benzene rings is 2. The molecule has 1 saturated heterocycles. The fourth-order valence-electron chi connectivity index (χ4n) is 3.55. The van der Waals surface area contributed by atoms with Gasteiger partial charge in [0.25, 0.3) is 5.91 Å². The summed E-state index contributed by atoms with van der Waals surface area (Å²) in [5.41, 5.74) is 1.66. The molecule has 1 fully saturated rings. The van der Waals surface area contributed by atoms with Crippen molar-refractivity contribution in [3.63, 3.8) is 0 Å². The van der Waals surface area contributed by atoms with Gasteiger partial charge in [-0.3, -0.25) is 9.69 Å². The predicted octanol–water partition coefficient (Wildman–Crippen LogP) is 2.91. The predicted molar refractivity (Wildman–Crippen MR) is 115 cm³/mol. The normalized spacial score (nSPS) is 15.3. The van der Waals surface area contributed by atoms with Crippen molar-refractivity contribution >= 4 is 5.91 Å². The maximum atomic E-state index is 12.8. The van der Waals surface area contributed by atoms with Gasteiger partial charge in [0.2, 0.25) is 0 Å². The molecule has 1 atom stereocenters. The Morgan fingerprint density at radius 2 is 1.80 bits per heavy atom. The third kappa shape index (κ3) is 5.43. The van der Waals surface area contributed by atoms with Crippen LogP contribution in [0.4, 0.5) is 0 Å². The third-order valence-electron chi connectivity index (χ3n) is 5.17. The zero-order valence-electron chi connectivity index (χ0n) is 17.8. The molecule has 0 saturated carbocycles. The van der Waals surface area contributed by atoms with Gasteiger partial charge in [-0.25, -0.2) is 0 Å². The van der Waals surface area contributed by atoms with Crippen molar-refractivity contribution in [2.45, 2.75) is 13.0 Å². The lowest BCUT2D eigenvalue weighted by atomic mass is 10.0. The molecule has 7 nitrogen and oxygen atoms in total. The van der Waals surface area contributed by atoms with Gasteiger partial charge in [-0.15, -0.1) is 0 Å². The SMILES string of the molecule is CCOc1ccc(C(=O)NCC(c2ccc(OC)cc2)N2CCOCC2)cc1OC. The van der Waals surface area contributed by atoms with E-state index >= 15 is 0 Å². The Balaban J connectivity index is 1.73. The fourth-order valence-corrected chi connectivity index (χ4v) is 3.55. The molecule has 1 aliphatic heterocycles. The van der Waals surface area contributed by atoms with Crippen LogP contribution in [0, 0.1) is 0 Å². The van der Waals surface area contributed by atoms with Crippen LogP contribution in [0.25, 0.3) is 0 Å². The highest BCUT2D eigenvalue weighted by atomic mass is 16.5. The molecule has 2 aromatic rings. The number of hydrogen-bond donors (Lipinski definition) is 1. The minimum Gasteiger partial charge on any atom is -0.497 e. The highest BCUT2D eigenvalue weighted by molar-refractivity contribution is 5.94. The number of hydrogen-bond acceptors (Lipinski definition) is 6. The molecule has 1 unspecified atom stereocenters. The van der Waals surface area contributed by atoms with Crippen LogP contribution < -0.4 is 19.5 Å². The average molecular weight is 415 g/mol. The summed E-state index contributed by atoms with van der Waals surface area (Å²) >= 11 is 0. The van der Waals surface area contributed by atoms with Gasteiger partial charge in [0.15, 0.2) is 11.5 Å². The molecule has 0 bridgehead atoms. The van der Waals surface area contributed by atoms with Crippen LogP contribution in [0.2, 0.25) is 0 Å². The average Bonchev–Trinajstić information content (AvgIpc) is 2.80. The minimum atomic E-state index is -0.150. The van der Waals surface area contributed by atoms with Crippen LogP contribution in [0.3, 0.4) is 0 Å². The van der Waals surface area contributed by atoms with E-state index in [0.717, 1.165) is 24.4 Å². The Kier molecular flexibility index (Phi) is 7.93. The summed E-state index contributed by atoms with van der Waals surface area (Å²) in [6.07, 6.45) is 0. The Labute approximate surface area is 177 Å². The van der Waals surface area contributed by atoms with Crippen molar-refractivity contribution in [2.75, 3.05) is 53.7 Å². The van der Waals surface area contributed by atoms with Gasteiger partial charge in [-0.05, 0) is 42.8 Å². The van der Waals surface area contributed by atoms with E-state index in [9.17, 15) is 4.79 Å². The summed E-state index contributed by atoms with van der Waals surface area (Å²) in [6.45, 7) is 5.96. The van der Waals surface area contributed by atoms with Crippen LogP contribution in [0.5, 0.6) is 17.2 Å². The third-order valence-corrected chi connectivity index (χ3v) is 5.17. The van der Waals surface area contributed by atoms with Crippen molar-refractivity contribution in [3.05, 3.63) is 53.6 Å². The summed E-state index contributed by atoms with van der Waals surface area (Å²) in [6, 6.07) is 13.3. The van der Waals surface area contributed by atoms with Crippen molar-refractivity contribution in [1.82, 2.24) is 10.2 Å². The number of rotatable bonds is 9. The number of methoxy groups -OCH3 is 2. The number of ether oxygens (including phenoxy) is 4. The highest BCUT2D eigenvalue weighted by Crippen LogP contribution is 2.28. The molecule has 0 radical (unpaired) electrons. The van der Waals surface area contributed by atoms with Crippen LogP contribution in [-0.4, -0.2) is 64.5 Å². The Morgan fingerprint density at radius 1 is 1.07 bits per heavy atom. The zero-order chi connectivity index (χ0) is 21.3. The van der Waals surface area contributed by atoms with Gasteiger partial charge in [0.1, 0.15) is 5.75 Å².